The summed E-state index contributed by atoms with van der Waals surface area (Å²) in [5.74, 6) is -0.605. The summed E-state index contributed by atoms with van der Waals surface area (Å²) < 4.78 is 29.6. The summed E-state index contributed by atoms with van der Waals surface area (Å²) in [7, 11) is -4.20. The van der Waals surface area contributed by atoms with Crippen LogP contribution >= 0.6 is 11.6 Å². The Hall–Kier alpha value is -4.14. The Kier molecular flexibility index (Phi) is 11.7. The second-order valence-corrected chi connectivity index (χ2v) is 14.4. The maximum atomic E-state index is 14.6. The Morgan fingerprint density at radius 1 is 0.804 bits per heavy atom. The van der Waals surface area contributed by atoms with E-state index in [1.54, 1.807) is 37.3 Å². The molecule has 0 saturated carbocycles. The zero-order valence-corrected chi connectivity index (χ0v) is 28.6. The van der Waals surface area contributed by atoms with Crippen molar-refractivity contribution in [2.45, 2.75) is 58.5 Å². The van der Waals surface area contributed by atoms with E-state index in [0.717, 1.165) is 26.6 Å². The first-order valence-corrected chi connectivity index (χ1v) is 17.2. The predicted octanol–water partition coefficient (Wildman–Crippen LogP) is 6.87. The van der Waals surface area contributed by atoms with Crippen molar-refractivity contribution in [2.24, 2.45) is 5.92 Å². The van der Waals surface area contributed by atoms with Crippen LogP contribution in [0.5, 0.6) is 0 Å². The highest BCUT2D eigenvalue weighted by Crippen LogP contribution is 2.30. The second-order valence-electron chi connectivity index (χ2n) is 12.1. The standard InChI is InChI=1S/C37H42ClN3O4S/c1-26(2)23-39-37(43)35(22-30-11-7-6-8-12-30)40(24-31-13-9-10-28(4)20-31)36(42)25-41(34-19-16-32(38)21-29(34)5)46(44,45)33-17-14-27(3)15-18-33/h6-21,26,35H,22-25H2,1-5H3,(H,39,43)/t35-/m1/s1. The van der Waals surface area contributed by atoms with Crippen LogP contribution in [0, 0.1) is 26.7 Å². The Morgan fingerprint density at radius 2 is 1.48 bits per heavy atom. The normalized spacial score (nSPS) is 12.1. The van der Waals surface area contributed by atoms with Crippen LogP contribution < -0.4 is 9.62 Å². The number of aryl methyl sites for hydroxylation is 3. The first-order valence-electron chi connectivity index (χ1n) is 15.4. The Balaban J connectivity index is 1.82. The van der Waals surface area contributed by atoms with Crippen molar-refractivity contribution >= 4 is 39.1 Å². The molecule has 4 aromatic rings. The van der Waals surface area contributed by atoms with Crippen molar-refractivity contribution < 1.29 is 18.0 Å². The molecule has 0 radical (unpaired) electrons. The molecule has 0 heterocycles. The molecule has 46 heavy (non-hydrogen) atoms. The van der Waals surface area contributed by atoms with Gasteiger partial charge in [0.2, 0.25) is 11.8 Å². The lowest BCUT2D eigenvalue weighted by Gasteiger charge is -2.34. The van der Waals surface area contributed by atoms with E-state index in [9.17, 15) is 18.0 Å². The van der Waals surface area contributed by atoms with E-state index in [4.69, 9.17) is 11.6 Å². The quantitative estimate of drug-likeness (QED) is 0.170. The minimum absolute atomic E-state index is 0.0565. The number of nitrogens with zero attached hydrogens (tertiary/aromatic N) is 2. The molecule has 0 aliphatic heterocycles. The molecular weight excluding hydrogens is 618 g/mol. The summed E-state index contributed by atoms with van der Waals surface area (Å²) in [6.07, 6.45) is 0.257. The molecule has 9 heteroatoms. The predicted molar refractivity (Wildman–Crippen MR) is 185 cm³/mol. The van der Waals surface area contributed by atoms with E-state index >= 15 is 0 Å². The number of rotatable bonds is 13. The van der Waals surface area contributed by atoms with Crippen LogP contribution in [0.15, 0.2) is 102 Å². The summed E-state index contributed by atoms with van der Waals surface area (Å²) in [5.41, 5.74) is 4.55. The van der Waals surface area contributed by atoms with Gasteiger partial charge >= 0.3 is 0 Å². The number of hydrogen-bond donors (Lipinski definition) is 1. The molecule has 0 bridgehead atoms. The lowest BCUT2D eigenvalue weighted by molar-refractivity contribution is -0.140. The van der Waals surface area contributed by atoms with Gasteiger partial charge in [-0.2, -0.15) is 0 Å². The number of carbonyl (C=O) groups excluding carboxylic acids is 2. The third-order valence-electron chi connectivity index (χ3n) is 7.71. The summed E-state index contributed by atoms with van der Waals surface area (Å²) in [6, 6.07) is 27.8. The Bertz CT molecular complexity index is 1760. The van der Waals surface area contributed by atoms with E-state index in [1.165, 1.54) is 17.0 Å². The second kappa shape index (κ2) is 15.4. The molecule has 0 fully saturated rings. The Labute approximate surface area is 278 Å². The molecule has 0 aromatic heterocycles. The van der Waals surface area contributed by atoms with Gasteiger partial charge in [-0.15, -0.1) is 0 Å². The highest BCUT2D eigenvalue weighted by Gasteiger charge is 2.35. The van der Waals surface area contributed by atoms with Crippen LogP contribution in [0.4, 0.5) is 5.69 Å². The number of carbonyl (C=O) groups is 2. The van der Waals surface area contributed by atoms with Crippen LogP contribution in [0.3, 0.4) is 0 Å². The fraction of sp³-hybridized carbons (Fsp3) is 0.297. The van der Waals surface area contributed by atoms with Gasteiger partial charge in [0.05, 0.1) is 10.6 Å². The van der Waals surface area contributed by atoms with Gasteiger partial charge in [-0.25, -0.2) is 8.42 Å². The van der Waals surface area contributed by atoms with Gasteiger partial charge in [-0.1, -0.05) is 103 Å². The van der Waals surface area contributed by atoms with Gasteiger partial charge in [0, 0.05) is 24.5 Å². The number of sulfonamides is 1. The van der Waals surface area contributed by atoms with Crippen molar-refractivity contribution in [1.82, 2.24) is 10.2 Å². The SMILES string of the molecule is Cc1ccc(S(=O)(=O)N(CC(=O)N(Cc2cccc(C)c2)[C@H](Cc2ccccc2)C(=O)NCC(C)C)c2ccc(Cl)cc2C)cc1. The van der Waals surface area contributed by atoms with Gasteiger partial charge in [0.1, 0.15) is 12.6 Å². The van der Waals surface area contributed by atoms with Crippen LogP contribution in [0.1, 0.15) is 41.7 Å². The fourth-order valence-corrected chi connectivity index (χ4v) is 6.94. The molecule has 1 N–H and O–H groups in total. The topological polar surface area (TPSA) is 86.8 Å². The minimum atomic E-state index is -4.20. The van der Waals surface area contributed by atoms with E-state index < -0.39 is 28.5 Å². The third-order valence-corrected chi connectivity index (χ3v) is 9.72. The maximum absolute atomic E-state index is 14.6. The van der Waals surface area contributed by atoms with E-state index in [-0.39, 0.29) is 29.7 Å². The first kappa shape index (κ1) is 34.7. The monoisotopic (exact) mass is 659 g/mol. The average molecular weight is 660 g/mol. The minimum Gasteiger partial charge on any atom is -0.354 e. The molecule has 2 amide bonds. The van der Waals surface area contributed by atoms with Crippen molar-refractivity contribution in [2.75, 3.05) is 17.4 Å². The van der Waals surface area contributed by atoms with E-state index in [0.29, 0.717) is 22.8 Å². The fourth-order valence-electron chi connectivity index (χ4n) is 5.23. The van der Waals surface area contributed by atoms with Gasteiger partial charge in [0.25, 0.3) is 10.0 Å². The van der Waals surface area contributed by atoms with Crippen molar-refractivity contribution in [1.29, 1.82) is 0 Å². The lowest BCUT2D eigenvalue weighted by Crippen LogP contribution is -2.53. The number of nitrogens with one attached hydrogen (secondary N) is 1. The molecule has 0 spiro atoms. The molecule has 4 aromatic carbocycles. The number of amides is 2. The summed E-state index contributed by atoms with van der Waals surface area (Å²) in [6.45, 7) is 9.64. The molecule has 0 aliphatic rings. The average Bonchev–Trinajstić information content (AvgIpc) is 3.01. The molecular formula is C37H42ClN3O4S. The van der Waals surface area contributed by atoms with Crippen LogP contribution in [-0.4, -0.2) is 44.3 Å². The first-order chi connectivity index (χ1) is 21.8. The van der Waals surface area contributed by atoms with Gasteiger partial charge in [0.15, 0.2) is 0 Å². The zero-order valence-electron chi connectivity index (χ0n) is 27.0. The molecule has 1 atom stereocenters. The molecule has 242 valence electrons. The third kappa shape index (κ3) is 8.98. The van der Waals surface area contributed by atoms with Crippen molar-refractivity contribution in [3.8, 4) is 0 Å². The molecule has 4 rings (SSSR count). The summed E-state index contributed by atoms with van der Waals surface area (Å²) >= 11 is 6.25. The van der Waals surface area contributed by atoms with Gasteiger partial charge in [-0.3, -0.25) is 13.9 Å². The Morgan fingerprint density at radius 3 is 2.11 bits per heavy atom. The van der Waals surface area contributed by atoms with Crippen LogP contribution in [-0.2, 0) is 32.6 Å². The highest BCUT2D eigenvalue weighted by atomic mass is 35.5. The number of anilines is 1. The van der Waals surface area contributed by atoms with Gasteiger partial charge < -0.3 is 10.2 Å². The maximum Gasteiger partial charge on any atom is 0.264 e. The molecule has 0 saturated heterocycles. The van der Waals surface area contributed by atoms with Crippen molar-refractivity contribution in [3.05, 3.63) is 130 Å². The van der Waals surface area contributed by atoms with E-state index in [2.05, 4.69) is 5.32 Å². The smallest absolute Gasteiger partial charge is 0.264 e. The number of halogens is 1. The summed E-state index contributed by atoms with van der Waals surface area (Å²) in [5, 5.41) is 3.47. The largest absolute Gasteiger partial charge is 0.354 e. The number of benzene rings is 4. The van der Waals surface area contributed by atoms with Crippen molar-refractivity contribution in [3.63, 3.8) is 0 Å². The van der Waals surface area contributed by atoms with Crippen LogP contribution in [0.25, 0.3) is 0 Å². The molecule has 7 nitrogen and oxygen atoms in total. The highest BCUT2D eigenvalue weighted by molar-refractivity contribution is 7.92. The van der Waals surface area contributed by atoms with E-state index in [1.807, 2.05) is 82.3 Å². The number of hydrogen-bond acceptors (Lipinski definition) is 4. The molecule has 0 aliphatic carbocycles. The van der Waals surface area contributed by atoms with Gasteiger partial charge in [-0.05, 0) is 73.7 Å². The lowest BCUT2D eigenvalue weighted by atomic mass is 10.0. The zero-order chi connectivity index (χ0) is 33.4. The molecule has 0 unspecified atom stereocenters. The summed E-state index contributed by atoms with van der Waals surface area (Å²) in [4.78, 5) is 30.1. The van der Waals surface area contributed by atoms with Crippen LogP contribution in [0.2, 0.25) is 5.02 Å².